The molecular weight excluding hydrogens is 276 g/mol. The van der Waals surface area contributed by atoms with Crippen molar-refractivity contribution >= 4 is 11.6 Å². The SMILES string of the molecule is COCCN(Cc1c(O)cccc1Cl)CC1CCCN1. The third-order valence-electron chi connectivity index (χ3n) is 3.73. The first-order valence-corrected chi connectivity index (χ1v) is 7.49. The third-order valence-corrected chi connectivity index (χ3v) is 4.08. The summed E-state index contributed by atoms with van der Waals surface area (Å²) in [7, 11) is 1.71. The summed E-state index contributed by atoms with van der Waals surface area (Å²) in [6, 6.07) is 5.79. The lowest BCUT2D eigenvalue weighted by Crippen LogP contribution is -2.38. The smallest absolute Gasteiger partial charge is 0.121 e. The van der Waals surface area contributed by atoms with Crippen molar-refractivity contribution in [1.29, 1.82) is 0 Å². The van der Waals surface area contributed by atoms with Gasteiger partial charge in [0.05, 0.1) is 6.61 Å². The molecule has 2 N–H and O–H groups in total. The first-order chi connectivity index (χ1) is 9.70. The minimum atomic E-state index is 0.263. The topological polar surface area (TPSA) is 44.7 Å². The lowest BCUT2D eigenvalue weighted by Gasteiger charge is -2.26. The van der Waals surface area contributed by atoms with Crippen LogP contribution in [0.1, 0.15) is 18.4 Å². The molecule has 0 radical (unpaired) electrons. The number of rotatable bonds is 7. The Bertz CT molecular complexity index is 402. The summed E-state index contributed by atoms with van der Waals surface area (Å²) in [6.07, 6.45) is 2.44. The van der Waals surface area contributed by atoms with Gasteiger partial charge in [-0.15, -0.1) is 0 Å². The van der Waals surface area contributed by atoms with Gasteiger partial charge in [0.25, 0.3) is 0 Å². The standard InChI is InChI=1S/C15H23ClN2O2/c1-20-9-8-18(10-12-4-3-7-17-12)11-13-14(16)5-2-6-15(13)19/h2,5-6,12,17,19H,3-4,7-11H2,1H3. The molecule has 1 saturated heterocycles. The molecule has 1 heterocycles. The first-order valence-electron chi connectivity index (χ1n) is 7.11. The van der Waals surface area contributed by atoms with Crippen molar-refractivity contribution in [2.45, 2.75) is 25.4 Å². The molecule has 1 aliphatic rings. The Morgan fingerprint density at radius 1 is 1.50 bits per heavy atom. The third kappa shape index (κ3) is 4.35. The van der Waals surface area contributed by atoms with Gasteiger partial charge in [-0.2, -0.15) is 0 Å². The molecule has 1 unspecified atom stereocenters. The fourth-order valence-corrected chi connectivity index (χ4v) is 2.84. The van der Waals surface area contributed by atoms with Gasteiger partial charge in [0.1, 0.15) is 5.75 Å². The van der Waals surface area contributed by atoms with Gasteiger partial charge in [-0.1, -0.05) is 17.7 Å². The average Bonchev–Trinajstić information content (AvgIpc) is 2.93. The summed E-state index contributed by atoms with van der Waals surface area (Å²) >= 11 is 6.19. The maximum atomic E-state index is 9.97. The molecule has 1 fully saturated rings. The van der Waals surface area contributed by atoms with Crippen LogP contribution in [0.5, 0.6) is 5.75 Å². The Hall–Kier alpha value is -0.810. The molecule has 0 bridgehead atoms. The van der Waals surface area contributed by atoms with Gasteiger partial charge in [-0.3, -0.25) is 4.90 Å². The minimum Gasteiger partial charge on any atom is -0.508 e. The van der Waals surface area contributed by atoms with E-state index in [0.29, 0.717) is 24.2 Å². The van der Waals surface area contributed by atoms with Crippen LogP contribution in [0.4, 0.5) is 0 Å². The molecule has 20 heavy (non-hydrogen) atoms. The van der Waals surface area contributed by atoms with Gasteiger partial charge in [0.2, 0.25) is 0 Å². The van der Waals surface area contributed by atoms with E-state index in [4.69, 9.17) is 16.3 Å². The molecule has 1 aromatic rings. The Balaban J connectivity index is 2.01. The summed E-state index contributed by atoms with van der Waals surface area (Å²) in [5, 5.41) is 14.1. The molecule has 1 atom stereocenters. The van der Waals surface area contributed by atoms with Crippen LogP contribution in [0.25, 0.3) is 0 Å². The van der Waals surface area contributed by atoms with Crippen molar-refractivity contribution < 1.29 is 9.84 Å². The van der Waals surface area contributed by atoms with Crippen molar-refractivity contribution in [3.63, 3.8) is 0 Å². The van der Waals surface area contributed by atoms with E-state index in [1.54, 1.807) is 19.2 Å². The second-order valence-corrected chi connectivity index (χ2v) is 5.67. The number of nitrogens with zero attached hydrogens (tertiary/aromatic N) is 1. The van der Waals surface area contributed by atoms with Crippen LogP contribution in [0.15, 0.2) is 18.2 Å². The maximum Gasteiger partial charge on any atom is 0.121 e. The lowest BCUT2D eigenvalue weighted by atomic mass is 10.1. The van der Waals surface area contributed by atoms with E-state index in [-0.39, 0.29) is 5.75 Å². The Kier molecular flexibility index (Phi) is 6.10. The highest BCUT2D eigenvalue weighted by atomic mass is 35.5. The number of phenols is 1. The highest BCUT2D eigenvalue weighted by Crippen LogP contribution is 2.26. The largest absolute Gasteiger partial charge is 0.508 e. The zero-order chi connectivity index (χ0) is 14.4. The number of nitrogens with one attached hydrogen (secondary N) is 1. The second kappa shape index (κ2) is 7.84. The maximum absolute atomic E-state index is 9.97. The van der Waals surface area contributed by atoms with E-state index >= 15 is 0 Å². The van der Waals surface area contributed by atoms with Crippen LogP contribution >= 0.6 is 11.6 Å². The van der Waals surface area contributed by atoms with Crippen LogP contribution < -0.4 is 5.32 Å². The Morgan fingerprint density at radius 3 is 3.00 bits per heavy atom. The van der Waals surface area contributed by atoms with Gasteiger partial charge < -0.3 is 15.2 Å². The molecule has 0 saturated carbocycles. The average molecular weight is 299 g/mol. The predicted molar refractivity (Wildman–Crippen MR) is 81.3 cm³/mol. The number of hydrogen-bond donors (Lipinski definition) is 2. The van der Waals surface area contributed by atoms with Gasteiger partial charge >= 0.3 is 0 Å². The molecular formula is C15H23ClN2O2. The van der Waals surface area contributed by atoms with Gasteiger partial charge in [-0.25, -0.2) is 0 Å². The van der Waals surface area contributed by atoms with Gasteiger partial charge in [-0.05, 0) is 31.5 Å². The fourth-order valence-electron chi connectivity index (χ4n) is 2.61. The number of phenolic OH excluding ortho intramolecular Hbond substituents is 1. The van der Waals surface area contributed by atoms with Gasteiger partial charge in [0.15, 0.2) is 0 Å². The van der Waals surface area contributed by atoms with Crippen LogP contribution in [-0.4, -0.2) is 49.4 Å². The molecule has 112 valence electrons. The molecule has 0 spiro atoms. The van der Waals surface area contributed by atoms with Gasteiger partial charge in [0, 0.05) is 43.4 Å². The normalized spacial score (nSPS) is 18.9. The molecule has 0 aliphatic carbocycles. The number of benzene rings is 1. The van der Waals surface area contributed by atoms with Crippen molar-refractivity contribution in [3.8, 4) is 5.75 Å². The fraction of sp³-hybridized carbons (Fsp3) is 0.600. The second-order valence-electron chi connectivity index (χ2n) is 5.26. The number of aromatic hydroxyl groups is 1. The summed E-state index contributed by atoms with van der Waals surface area (Å²) in [4.78, 5) is 2.29. The van der Waals surface area contributed by atoms with Crippen LogP contribution in [0, 0.1) is 0 Å². The number of ether oxygens (including phenoxy) is 1. The Morgan fingerprint density at radius 2 is 2.35 bits per heavy atom. The molecule has 2 rings (SSSR count). The lowest BCUT2D eigenvalue weighted by molar-refractivity contribution is 0.137. The zero-order valence-electron chi connectivity index (χ0n) is 11.9. The molecule has 0 aromatic heterocycles. The van der Waals surface area contributed by atoms with E-state index in [1.165, 1.54) is 12.8 Å². The van der Waals surface area contributed by atoms with E-state index in [1.807, 2.05) is 6.07 Å². The minimum absolute atomic E-state index is 0.263. The van der Waals surface area contributed by atoms with E-state index in [9.17, 15) is 5.11 Å². The van der Waals surface area contributed by atoms with Crippen molar-refractivity contribution in [1.82, 2.24) is 10.2 Å². The summed E-state index contributed by atoms with van der Waals surface area (Å²) < 4.78 is 5.18. The van der Waals surface area contributed by atoms with E-state index in [2.05, 4.69) is 10.2 Å². The van der Waals surface area contributed by atoms with Crippen molar-refractivity contribution in [2.24, 2.45) is 0 Å². The summed E-state index contributed by atoms with van der Waals surface area (Å²) in [5.74, 6) is 0.263. The highest BCUT2D eigenvalue weighted by molar-refractivity contribution is 6.31. The first kappa shape index (κ1) is 15.6. The predicted octanol–water partition coefficient (Wildman–Crippen LogP) is 2.25. The number of halogens is 1. The number of methoxy groups -OCH3 is 1. The molecule has 5 heteroatoms. The van der Waals surface area contributed by atoms with Crippen LogP contribution in [0.2, 0.25) is 5.02 Å². The molecule has 0 amide bonds. The molecule has 1 aromatic carbocycles. The molecule has 4 nitrogen and oxygen atoms in total. The quantitative estimate of drug-likeness (QED) is 0.810. The van der Waals surface area contributed by atoms with Crippen LogP contribution in [0.3, 0.4) is 0 Å². The monoisotopic (exact) mass is 298 g/mol. The summed E-state index contributed by atoms with van der Waals surface area (Å²) in [5.41, 5.74) is 0.795. The summed E-state index contributed by atoms with van der Waals surface area (Å²) in [6.45, 7) is 4.21. The van der Waals surface area contributed by atoms with E-state index < -0.39 is 0 Å². The molecule has 1 aliphatic heterocycles. The van der Waals surface area contributed by atoms with Crippen LogP contribution in [-0.2, 0) is 11.3 Å². The van der Waals surface area contributed by atoms with Crippen molar-refractivity contribution in [3.05, 3.63) is 28.8 Å². The highest BCUT2D eigenvalue weighted by Gasteiger charge is 2.19. The number of hydrogen-bond acceptors (Lipinski definition) is 4. The van der Waals surface area contributed by atoms with Crippen molar-refractivity contribution in [2.75, 3.05) is 33.4 Å². The Labute approximate surface area is 125 Å². The van der Waals surface area contributed by atoms with E-state index in [0.717, 1.165) is 25.2 Å². The zero-order valence-corrected chi connectivity index (χ0v) is 12.7.